The Morgan fingerprint density at radius 1 is 1.43 bits per heavy atom. The molecule has 1 aliphatic heterocycles. The molecule has 0 radical (unpaired) electrons. The second-order valence-corrected chi connectivity index (χ2v) is 6.16. The minimum Gasteiger partial charge on any atom is -0.348 e. The lowest BCUT2D eigenvalue weighted by Crippen LogP contribution is -2.48. The molecule has 0 saturated carbocycles. The molecule has 0 fully saturated rings. The summed E-state index contributed by atoms with van der Waals surface area (Å²) in [6.45, 7) is 2.64. The predicted molar refractivity (Wildman–Crippen MR) is 83.6 cm³/mol. The van der Waals surface area contributed by atoms with Crippen molar-refractivity contribution in [3.63, 3.8) is 0 Å². The van der Waals surface area contributed by atoms with E-state index in [4.69, 9.17) is 0 Å². The molecule has 110 valence electrons. The number of H-pyrrole nitrogens is 1. The Kier molecular flexibility index (Phi) is 4.07. The highest BCUT2D eigenvalue weighted by atomic mass is 79.9. The Morgan fingerprint density at radius 2 is 2.19 bits per heavy atom. The van der Waals surface area contributed by atoms with Gasteiger partial charge >= 0.3 is 0 Å². The molecule has 2 aromatic rings. The molecule has 0 saturated heterocycles. The van der Waals surface area contributed by atoms with Crippen LogP contribution in [-0.4, -0.2) is 21.9 Å². The Balaban J connectivity index is 1.63. The average Bonchev–Trinajstić information content (AvgIpc) is 2.95. The van der Waals surface area contributed by atoms with E-state index in [2.05, 4.69) is 36.5 Å². The molecule has 1 amide bonds. The maximum absolute atomic E-state index is 12.4. The van der Waals surface area contributed by atoms with Crippen LogP contribution >= 0.6 is 15.9 Å². The van der Waals surface area contributed by atoms with Crippen LogP contribution in [0.5, 0.6) is 0 Å². The summed E-state index contributed by atoms with van der Waals surface area (Å²) < 4.78 is 1.03. The Morgan fingerprint density at radius 3 is 2.95 bits per heavy atom. The van der Waals surface area contributed by atoms with E-state index in [0.29, 0.717) is 13.0 Å². The summed E-state index contributed by atoms with van der Waals surface area (Å²) in [5.41, 5.74) is 3.13. The van der Waals surface area contributed by atoms with E-state index in [0.717, 1.165) is 21.4 Å². The monoisotopic (exact) mass is 348 g/mol. The highest BCUT2D eigenvalue weighted by molar-refractivity contribution is 9.10. The Labute approximate surface area is 131 Å². The highest BCUT2D eigenvalue weighted by Crippen LogP contribution is 2.17. The number of benzene rings is 1. The fourth-order valence-electron chi connectivity index (χ4n) is 2.50. The maximum atomic E-state index is 12.4. The Hall–Kier alpha value is -1.66. The molecule has 1 aliphatic rings. The summed E-state index contributed by atoms with van der Waals surface area (Å²) in [5, 5.41) is 6.29. The summed E-state index contributed by atoms with van der Waals surface area (Å²) in [6, 6.07) is 7.73. The van der Waals surface area contributed by atoms with Gasteiger partial charge in [0.1, 0.15) is 0 Å². The van der Waals surface area contributed by atoms with E-state index in [1.54, 1.807) is 6.33 Å². The SMILES string of the molecule is C[C@H](NC(=O)C1Cc2nc[nH]c2CN1)c1ccc(Br)cc1. The molecule has 5 nitrogen and oxygen atoms in total. The highest BCUT2D eigenvalue weighted by Gasteiger charge is 2.26. The van der Waals surface area contributed by atoms with Gasteiger partial charge in [-0.05, 0) is 24.6 Å². The van der Waals surface area contributed by atoms with Gasteiger partial charge in [0.05, 0.1) is 29.8 Å². The molecule has 2 atom stereocenters. The number of carbonyl (C=O) groups is 1. The lowest BCUT2D eigenvalue weighted by atomic mass is 10.0. The third-order valence-corrected chi connectivity index (χ3v) is 4.30. The predicted octanol–water partition coefficient (Wildman–Crippen LogP) is 2.06. The first-order chi connectivity index (χ1) is 10.1. The van der Waals surface area contributed by atoms with E-state index < -0.39 is 0 Å². The van der Waals surface area contributed by atoms with Crippen molar-refractivity contribution in [2.24, 2.45) is 0 Å². The van der Waals surface area contributed by atoms with Crippen LogP contribution in [0.15, 0.2) is 35.1 Å². The van der Waals surface area contributed by atoms with Crippen LogP contribution in [0, 0.1) is 0 Å². The number of halogens is 1. The summed E-state index contributed by atoms with van der Waals surface area (Å²) in [6.07, 6.45) is 2.30. The number of nitrogens with zero attached hydrogens (tertiary/aromatic N) is 1. The number of nitrogens with one attached hydrogen (secondary N) is 3. The quantitative estimate of drug-likeness (QED) is 0.795. The van der Waals surface area contributed by atoms with Gasteiger partial charge in [0.15, 0.2) is 0 Å². The number of hydrogen-bond donors (Lipinski definition) is 3. The minimum atomic E-state index is -0.223. The van der Waals surface area contributed by atoms with Crippen molar-refractivity contribution in [3.8, 4) is 0 Å². The lowest BCUT2D eigenvalue weighted by molar-refractivity contribution is -0.124. The summed E-state index contributed by atoms with van der Waals surface area (Å²) >= 11 is 3.41. The molecule has 0 bridgehead atoms. The summed E-state index contributed by atoms with van der Waals surface area (Å²) in [5.74, 6) is 0.0130. The second kappa shape index (κ2) is 5.99. The van der Waals surface area contributed by atoms with Crippen LogP contribution in [0.1, 0.15) is 29.9 Å². The smallest absolute Gasteiger partial charge is 0.238 e. The second-order valence-electron chi connectivity index (χ2n) is 5.25. The van der Waals surface area contributed by atoms with E-state index in [-0.39, 0.29) is 18.0 Å². The third kappa shape index (κ3) is 3.16. The number of amides is 1. The van der Waals surface area contributed by atoms with Gasteiger partial charge in [0.25, 0.3) is 0 Å². The van der Waals surface area contributed by atoms with Crippen LogP contribution < -0.4 is 10.6 Å². The molecule has 3 rings (SSSR count). The molecule has 0 aliphatic carbocycles. The molecule has 6 heteroatoms. The van der Waals surface area contributed by atoms with Gasteiger partial charge < -0.3 is 10.3 Å². The first kappa shape index (κ1) is 14.3. The number of carbonyl (C=O) groups excluding carboxylic acids is 1. The summed E-state index contributed by atoms with van der Waals surface area (Å²) in [7, 11) is 0. The van der Waals surface area contributed by atoms with Gasteiger partial charge in [-0.15, -0.1) is 0 Å². The number of aromatic nitrogens is 2. The van der Waals surface area contributed by atoms with Gasteiger partial charge in [-0.3, -0.25) is 10.1 Å². The van der Waals surface area contributed by atoms with Crippen LogP contribution in [0.25, 0.3) is 0 Å². The zero-order chi connectivity index (χ0) is 14.8. The maximum Gasteiger partial charge on any atom is 0.238 e. The van der Waals surface area contributed by atoms with Crippen LogP contribution in [-0.2, 0) is 17.8 Å². The molecular weight excluding hydrogens is 332 g/mol. The van der Waals surface area contributed by atoms with Gasteiger partial charge in [0.2, 0.25) is 5.91 Å². The van der Waals surface area contributed by atoms with E-state index in [1.807, 2.05) is 31.2 Å². The molecule has 1 aromatic heterocycles. The van der Waals surface area contributed by atoms with Crippen LogP contribution in [0.3, 0.4) is 0 Å². The van der Waals surface area contributed by atoms with Gasteiger partial charge in [-0.2, -0.15) is 0 Å². The number of aromatic amines is 1. The van der Waals surface area contributed by atoms with Crippen LogP contribution in [0.2, 0.25) is 0 Å². The van der Waals surface area contributed by atoms with Crippen molar-refractivity contribution in [1.82, 2.24) is 20.6 Å². The van der Waals surface area contributed by atoms with E-state index >= 15 is 0 Å². The normalized spacial score (nSPS) is 18.9. The summed E-state index contributed by atoms with van der Waals surface area (Å²) in [4.78, 5) is 19.7. The molecule has 3 N–H and O–H groups in total. The molecular formula is C15H17BrN4O. The standard InChI is InChI=1S/C15H17BrN4O/c1-9(10-2-4-11(16)5-3-10)20-15(21)13-6-12-14(7-17-13)19-8-18-12/h2-5,8-9,13,17H,6-7H2,1H3,(H,18,19)(H,20,21)/t9-,13?/m0/s1. The average molecular weight is 349 g/mol. The fourth-order valence-corrected chi connectivity index (χ4v) is 2.77. The molecule has 21 heavy (non-hydrogen) atoms. The van der Waals surface area contributed by atoms with Gasteiger partial charge in [0, 0.05) is 17.4 Å². The van der Waals surface area contributed by atoms with Crippen LogP contribution in [0.4, 0.5) is 0 Å². The van der Waals surface area contributed by atoms with E-state index in [1.165, 1.54) is 0 Å². The Bertz CT molecular complexity index is 637. The number of fused-ring (bicyclic) bond motifs is 1. The van der Waals surface area contributed by atoms with Gasteiger partial charge in [-0.1, -0.05) is 28.1 Å². The zero-order valence-corrected chi connectivity index (χ0v) is 13.3. The molecule has 2 heterocycles. The third-order valence-electron chi connectivity index (χ3n) is 3.78. The topological polar surface area (TPSA) is 69.8 Å². The zero-order valence-electron chi connectivity index (χ0n) is 11.7. The molecule has 1 aromatic carbocycles. The largest absolute Gasteiger partial charge is 0.348 e. The van der Waals surface area contributed by atoms with Crippen molar-refractivity contribution < 1.29 is 4.79 Å². The van der Waals surface area contributed by atoms with Crippen molar-refractivity contribution in [1.29, 1.82) is 0 Å². The fraction of sp³-hybridized carbons (Fsp3) is 0.333. The molecule has 1 unspecified atom stereocenters. The minimum absolute atomic E-state index is 0.0130. The first-order valence-corrected chi connectivity index (χ1v) is 7.73. The molecule has 0 spiro atoms. The number of hydrogen-bond acceptors (Lipinski definition) is 3. The lowest BCUT2D eigenvalue weighted by Gasteiger charge is -2.24. The van der Waals surface area contributed by atoms with Crippen molar-refractivity contribution in [3.05, 3.63) is 52.0 Å². The first-order valence-electron chi connectivity index (χ1n) is 6.94. The number of rotatable bonds is 3. The van der Waals surface area contributed by atoms with Gasteiger partial charge in [-0.25, -0.2) is 4.98 Å². The van der Waals surface area contributed by atoms with Crippen molar-refractivity contribution in [2.45, 2.75) is 32.0 Å². The van der Waals surface area contributed by atoms with Crippen molar-refractivity contribution >= 4 is 21.8 Å². The van der Waals surface area contributed by atoms with Crippen molar-refractivity contribution in [2.75, 3.05) is 0 Å². The van der Waals surface area contributed by atoms with E-state index in [9.17, 15) is 4.79 Å². The number of imidazole rings is 1.